The monoisotopic (exact) mass is 212 g/mol. The van der Waals surface area contributed by atoms with E-state index in [1.165, 1.54) is 0 Å². The molecule has 1 rings (SSSR count). The SMILES string of the molecule is CCCC(CC)Oc1ccc(Cl)cc1. The Kier molecular flexibility index (Phi) is 4.81. The van der Waals surface area contributed by atoms with Gasteiger partial charge < -0.3 is 4.74 Å². The van der Waals surface area contributed by atoms with E-state index in [1.54, 1.807) is 0 Å². The van der Waals surface area contributed by atoms with Gasteiger partial charge in [0.1, 0.15) is 5.75 Å². The summed E-state index contributed by atoms with van der Waals surface area (Å²) in [4.78, 5) is 0. The molecule has 0 fully saturated rings. The zero-order valence-electron chi connectivity index (χ0n) is 8.79. The number of benzene rings is 1. The summed E-state index contributed by atoms with van der Waals surface area (Å²) in [5.74, 6) is 0.912. The largest absolute Gasteiger partial charge is 0.490 e. The third-order valence-corrected chi connectivity index (χ3v) is 2.43. The van der Waals surface area contributed by atoms with Crippen LogP contribution in [0.15, 0.2) is 24.3 Å². The zero-order valence-corrected chi connectivity index (χ0v) is 9.55. The number of hydrogen-bond acceptors (Lipinski definition) is 1. The Bertz CT molecular complexity index is 256. The maximum Gasteiger partial charge on any atom is 0.119 e. The first-order valence-electron chi connectivity index (χ1n) is 5.18. The second-order valence-corrected chi connectivity index (χ2v) is 3.83. The molecule has 14 heavy (non-hydrogen) atoms. The molecular formula is C12H17ClO. The molecule has 1 unspecified atom stereocenters. The Labute approximate surface area is 91.0 Å². The summed E-state index contributed by atoms with van der Waals surface area (Å²) < 4.78 is 5.80. The lowest BCUT2D eigenvalue weighted by Gasteiger charge is -2.16. The van der Waals surface area contributed by atoms with Gasteiger partial charge in [-0.3, -0.25) is 0 Å². The number of hydrogen-bond donors (Lipinski definition) is 0. The molecular weight excluding hydrogens is 196 g/mol. The molecule has 1 aromatic rings. The Balaban J connectivity index is 2.53. The average molecular weight is 213 g/mol. The first-order chi connectivity index (χ1) is 6.76. The van der Waals surface area contributed by atoms with Crippen LogP contribution in [-0.2, 0) is 0 Å². The van der Waals surface area contributed by atoms with Crippen LogP contribution < -0.4 is 4.74 Å². The molecule has 0 radical (unpaired) electrons. The highest BCUT2D eigenvalue weighted by Crippen LogP contribution is 2.18. The first kappa shape index (κ1) is 11.4. The fourth-order valence-corrected chi connectivity index (χ4v) is 1.50. The van der Waals surface area contributed by atoms with Crippen LogP contribution in [0.25, 0.3) is 0 Å². The van der Waals surface area contributed by atoms with Gasteiger partial charge in [-0.1, -0.05) is 31.9 Å². The van der Waals surface area contributed by atoms with E-state index in [0.717, 1.165) is 30.0 Å². The van der Waals surface area contributed by atoms with Gasteiger partial charge in [-0.25, -0.2) is 0 Å². The summed E-state index contributed by atoms with van der Waals surface area (Å²) in [6.07, 6.45) is 3.66. The fourth-order valence-electron chi connectivity index (χ4n) is 1.37. The Morgan fingerprint density at radius 3 is 2.36 bits per heavy atom. The quantitative estimate of drug-likeness (QED) is 0.707. The highest BCUT2D eigenvalue weighted by atomic mass is 35.5. The van der Waals surface area contributed by atoms with Gasteiger partial charge in [-0.05, 0) is 37.1 Å². The van der Waals surface area contributed by atoms with Crippen LogP contribution in [0.2, 0.25) is 5.02 Å². The van der Waals surface area contributed by atoms with Crippen LogP contribution in [0.3, 0.4) is 0 Å². The third-order valence-electron chi connectivity index (χ3n) is 2.18. The standard InChI is InChI=1S/C12H17ClO/c1-3-5-11(4-2)14-12-8-6-10(13)7-9-12/h6-9,11H,3-5H2,1-2H3. The second-order valence-electron chi connectivity index (χ2n) is 3.39. The number of rotatable bonds is 5. The van der Waals surface area contributed by atoms with E-state index in [2.05, 4.69) is 13.8 Å². The van der Waals surface area contributed by atoms with E-state index in [4.69, 9.17) is 16.3 Å². The lowest BCUT2D eigenvalue weighted by molar-refractivity contribution is 0.186. The molecule has 0 amide bonds. The predicted octanol–water partition coefficient (Wildman–Crippen LogP) is 4.30. The summed E-state index contributed by atoms with van der Waals surface area (Å²) >= 11 is 5.79. The highest BCUT2D eigenvalue weighted by molar-refractivity contribution is 6.30. The fraction of sp³-hybridized carbons (Fsp3) is 0.500. The van der Waals surface area contributed by atoms with Crippen molar-refractivity contribution >= 4 is 11.6 Å². The van der Waals surface area contributed by atoms with Gasteiger partial charge in [0.15, 0.2) is 0 Å². The van der Waals surface area contributed by atoms with Crippen molar-refractivity contribution in [2.24, 2.45) is 0 Å². The van der Waals surface area contributed by atoms with Gasteiger partial charge in [0.2, 0.25) is 0 Å². The van der Waals surface area contributed by atoms with Crippen molar-refractivity contribution in [1.82, 2.24) is 0 Å². The summed E-state index contributed by atoms with van der Waals surface area (Å²) in [5.41, 5.74) is 0. The minimum Gasteiger partial charge on any atom is -0.490 e. The van der Waals surface area contributed by atoms with Crippen molar-refractivity contribution in [2.45, 2.75) is 39.2 Å². The summed E-state index contributed by atoms with van der Waals surface area (Å²) in [6, 6.07) is 7.55. The first-order valence-corrected chi connectivity index (χ1v) is 5.56. The molecule has 0 heterocycles. The molecule has 0 aliphatic heterocycles. The van der Waals surface area contributed by atoms with Gasteiger partial charge in [0.05, 0.1) is 6.10 Å². The molecule has 78 valence electrons. The molecule has 0 N–H and O–H groups in total. The highest BCUT2D eigenvalue weighted by Gasteiger charge is 2.05. The smallest absolute Gasteiger partial charge is 0.119 e. The van der Waals surface area contributed by atoms with Gasteiger partial charge in [-0.15, -0.1) is 0 Å². The lowest BCUT2D eigenvalue weighted by Crippen LogP contribution is -2.14. The number of halogens is 1. The molecule has 1 aromatic carbocycles. The molecule has 1 atom stereocenters. The molecule has 1 nitrogen and oxygen atoms in total. The van der Waals surface area contributed by atoms with Crippen LogP contribution in [0, 0.1) is 0 Å². The van der Waals surface area contributed by atoms with E-state index in [1.807, 2.05) is 24.3 Å². The van der Waals surface area contributed by atoms with Crippen LogP contribution in [-0.4, -0.2) is 6.10 Å². The summed E-state index contributed by atoms with van der Waals surface area (Å²) in [5, 5.41) is 0.751. The Morgan fingerprint density at radius 2 is 1.86 bits per heavy atom. The number of ether oxygens (including phenoxy) is 1. The van der Waals surface area contributed by atoms with Crippen molar-refractivity contribution < 1.29 is 4.74 Å². The summed E-state index contributed by atoms with van der Waals surface area (Å²) in [6.45, 7) is 4.32. The molecule has 0 saturated heterocycles. The topological polar surface area (TPSA) is 9.23 Å². The maximum absolute atomic E-state index is 5.80. The van der Waals surface area contributed by atoms with E-state index >= 15 is 0 Å². The van der Waals surface area contributed by atoms with Crippen molar-refractivity contribution in [3.05, 3.63) is 29.3 Å². The maximum atomic E-state index is 5.80. The van der Waals surface area contributed by atoms with Crippen LogP contribution in [0.5, 0.6) is 5.75 Å². The molecule has 2 heteroatoms. The van der Waals surface area contributed by atoms with E-state index < -0.39 is 0 Å². The Hall–Kier alpha value is -0.690. The Morgan fingerprint density at radius 1 is 1.21 bits per heavy atom. The minimum absolute atomic E-state index is 0.334. The lowest BCUT2D eigenvalue weighted by atomic mass is 10.1. The van der Waals surface area contributed by atoms with E-state index in [-0.39, 0.29) is 0 Å². The normalized spacial score (nSPS) is 12.5. The predicted molar refractivity (Wildman–Crippen MR) is 61.1 cm³/mol. The molecule has 0 spiro atoms. The molecule has 0 aliphatic rings. The second kappa shape index (κ2) is 5.92. The molecule has 0 aliphatic carbocycles. The zero-order chi connectivity index (χ0) is 10.4. The van der Waals surface area contributed by atoms with Crippen LogP contribution in [0.1, 0.15) is 33.1 Å². The minimum atomic E-state index is 0.334. The van der Waals surface area contributed by atoms with Crippen molar-refractivity contribution in [3.8, 4) is 5.75 Å². The molecule has 0 aromatic heterocycles. The van der Waals surface area contributed by atoms with Crippen molar-refractivity contribution in [2.75, 3.05) is 0 Å². The molecule has 0 bridgehead atoms. The van der Waals surface area contributed by atoms with Crippen LogP contribution >= 0.6 is 11.6 Å². The van der Waals surface area contributed by atoms with Crippen molar-refractivity contribution in [3.63, 3.8) is 0 Å². The van der Waals surface area contributed by atoms with Gasteiger partial charge in [-0.2, -0.15) is 0 Å². The van der Waals surface area contributed by atoms with Crippen LogP contribution in [0.4, 0.5) is 0 Å². The summed E-state index contributed by atoms with van der Waals surface area (Å²) in [7, 11) is 0. The average Bonchev–Trinajstić information content (AvgIpc) is 2.20. The van der Waals surface area contributed by atoms with Gasteiger partial charge >= 0.3 is 0 Å². The van der Waals surface area contributed by atoms with Gasteiger partial charge in [0, 0.05) is 5.02 Å². The van der Waals surface area contributed by atoms with Crippen molar-refractivity contribution in [1.29, 1.82) is 0 Å². The van der Waals surface area contributed by atoms with Gasteiger partial charge in [0.25, 0.3) is 0 Å². The third kappa shape index (κ3) is 3.59. The van der Waals surface area contributed by atoms with E-state index in [9.17, 15) is 0 Å². The molecule has 0 saturated carbocycles. The van der Waals surface area contributed by atoms with E-state index in [0.29, 0.717) is 6.10 Å².